The third-order valence-corrected chi connectivity index (χ3v) is 3.28. The minimum Gasteiger partial charge on any atom is -0.458 e. The fraction of sp³-hybridized carbons (Fsp3) is 0.882. The van der Waals surface area contributed by atoms with E-state index in [4.69, 9.17) is 4.74 Å². The van der Waals surface area contributed by atoms with Crippen LogP contribution in [0.4, 0.5) is 0 Å². The second-order valence-electron chi connectivity index (χ2n) is 6.61. The predicted molar refractivity (Wildman–Crippen MR) is 86.1 cm³/mol. The first kappa shape index (κ1) is 19.9. The lowest BCUT2D eigenvalue weighted by Crippen LogP contribution is -2.46. The normalized spacial score (nSPS) is 12.9. The predicted octanol–water partition coefficient (Wildman–Crippen LogP) is 3.93. The number of carbonyl (C=O) groups is 2. The Hall–Kier alpha value is -1.06. The van der Waals surface area contributed by atoms with Crippen molar-refractivity contribution in [3.05, 3.63) is 0 Å². The summed E-state index contributed by atoms with van der Waals surface area (Å²) in [4.78, 5) is 26.2. The van der Waals surface area contributed by atoms with Crippen LogP contribution in [0.15, 0.2) is 0 Å². The Morgan fingerprint density at radius 3 is 2.10 bits per heavy atom. The first-order valence-corrected chi connectivity index (χ1v) is 8.25. The molecule has 0 aliphatic heterocycles. The molecule has 0 rings (SSSR count). The molecule has 0 fully saturated rings. The number of ether oxygens (including phenoxy) is 1. The van der Waals surface area contributed by atoms with Gasteiger partial charge in [0.25, 0.3) is 0 Å². The van der Waals surface area contributed by atoms with E-state index in [1.54, 1.807) is 11.8 Å². The summed E-state index contributed by atoms with van der Waals surface area (Å²) >= 11 is 0. The highest BCUT2D eigenvalue weighted by Gasteiger charge is 2.29. The molecule has 1 unspecified atom stereocenters. The van der Waals surface area contributed by atoms with Gasteiger partial charge in [-0.3, -0.25) is 4.79 Å². The van der Waals surface area contributed by atoms with Crippen LogP contribution in [-0.2, 0) is 14.3 Å². The molecule has 0 heterocycles. The monoisotopic (exact) mass is 299 g/mol. The van der Waals surface area contributed by atoms with Crippen molar-refractivity contribution in [1.29, 1.82) is 0 Å². The molecule has 0 radical (unpaired) electrons. The average molecular weight is 299 g/mol. The summed E-state index contributed by atoms with van der Waals surface area (Å²) in [5.41, 5.74) is -0.521. The molecule has 0 N–H and O–H groups in total. The molecule has 0 aromatic rings. The van der Waals surface area contributed by atoms with E-state index in [0.29, 0.717) is 13.0 Å². The number of amides is 1. The molecular weight excluding hydrogens is 266 g/mol. The van der Waals surface area contributed by atoms with Crippen molar-refractivity contribution < 1.29 is 14.3 Å². The van der Waals surface area contributed by atoms with Crippen molar-refractivity contribution in [2.75, 3.05) is 6.54 Å². The molecule has 0 aromatic heterocycles. The highest BCUT2D eigenvalue weighted by molar-refractivity contribution is 5.84. The van der Waals surface area contributed by atoms with Crippen LogP contribution in [0, 0.1) is 0 Å². The van der Waals surface area contributed by atoms with Gasteiger partial charge < -0.3 is 9.64 Å². The largest absolute Gasteiger partial charge is 0.458 e. The Bertz CT molecular complexity index is 320. The fourth-order valence-corrected chi connectivity index (χ4v) is 2.05. The topological polar surface area (TPSA) is 46.6 Å². The van der Waals surface area contributed by atoms with Gasteiger partial charge in [-0.25, -0.2) is 4.79 Å². The number of rotatable bonds is 9. The van der Waals surface area contributed by atoms with Crippen LogP contribution >= 0.6 is 0 Å². The van der Waals surface area contributed by atoms with Gasteiger partial charge in [0.2, 0.25) is 5.91 Å². The van der Waals surface area contributed by atoms with Gasteiger partial charge in [-0.1, -0.05) is 33.1 Å². The molecular formula is C17H33NO3. The molecule has 0 bridgehead atoms. The zero-order chi connectivity index (χ0) is 16.5. The minimum atomic E-state index is -0.521. The lowest BCUT2D eigenvalue weighted by atomic mass is 10.1. The van der Waals surface area contributed by atoms with Gasteiger partial charge in [0.15, 0.2) is 0 Å². The molecule has 0 saturated heterocycles. The van der Waals surface area contributed by atoms with Gasteiger partial charge in [-0.2, -0.15) is 0 Å². The maximum Gasteiger partial charge on any atom is 0.329 e. The van der Waals surface area contributed by atoms with Crippen LogP contribution in [0.25, 0.3) is 0 Å². The second-order valence-corrected chi connectivity index (χ2v) is 6.61. The molecule has 0 saturated carbocycles. The molecule has 4 nitrogen and oxygen atoms in total. The lowest BCUT2D eigenvalue weighted by molar-refractivity contribution is -0.164. The van der Waals surface area contributed by atoms with E-state index in [-0.39, 0.29) is 11.9 Å². The van der Waals surface area contributed by atoms with Gasteiger partial charge in [0.05, 0.1) is 0 Å². The number of hydrogen-bond donors (Lipinski definition) is 0. The SMILES string of the molecule is CCCCCC(=O)N(CCCC)C(C)C(=O)OC(C)(C)C. The smallest absolute Gasteiger partial charge is 0.329 e. The maximum absolute atomic E-state index is 12.4. The highest BCUT2D eigenvalue weighted by atomic mass is 16.6. The van der Waals surface area contributed by atoms with Gasteiger partial charge in [0.1, 0.15) is 11.6 Å². The number of carbonyl (C=O) groups excluding carboxylic acids is 2. The fourth-order valence-electron chi connectivity index (χ4n) is 2.05. The first-order valence-electron chi connectivity index (χ1n) is 8.25. The standard InChI is InChI=1S/C17H33NO3/c1-7-9-11-12-15(19)18(13-10-8-2)14(3)16(20)21-17(4,5)6/h14H,7-13H2,1-6H3. The molecule has 21 heavy (non-hydrogen) atoms. The van der Waals surface area contributed by atoms with Gasteiger partial charge in [0, 0.05) is 13.0 Å². The van der Waals surface area contributed by atoms with Crippen molar-refractivity contribution in [2.45, 2.75) is 91.7 Å². The number of hydrogen-bond acceptors (Lipinski definition) is 3. The third-order valence-electron chi connectivity index (χ3n) is 3.28. The third kappa shape index (κ3) is 8.74. The van der Waals surface area contributed by atoms with E-state index in [1.165, 1.54) is 0 Å². The van der Waals surface area contributed by atoms with Crippen LogP contribution in [0.2, 0.25) is 0 Å². The van der Waals surface area contributed by atoms with E-state index in [2.05, 4.69) is 13.8 Å². The van der Waals surface area contributed by atoms with Crippen molar-refractivity contribution in [1.82, 2.24) is 4.90 Å². The molecule has 0 spiro atoms. The Morgan fingerprint density at radius 2 is 1.62 bits per heavy atom. The molecule has 0 aliphatic rings. The Balaban J connectivity index is 4.71. The van der Waals surface area contributed by atoms with E-state index in [0.717, 1.165) is 32.1 Å². The summed E-state index contributed by atoms with van der Waals surface area (Å²) in [6.45, 7) is 12.1. The van der Waals surface area contributed by atoms with Crippen LogP contribution in [0.3, 0.4) is 0 Å². The second kappa shape index (κ2) is 9.80. The number of esters is 1. The molecule has 0 aromatic carbocycles. The molecule has 0 aliphatic carbocycles. The van der Waals surface area contributed by atoms with Gasteiger partial charge in [-0.15, -0.1) is 0 Å². The van der Waals surface area contributed by atoms with Crippen LogP contribution < -0.4 is 0 Å². The highest BCUT2D eigenvalue weighted by Crippen LogP contribution is 2.14. The molecule has 124 valence electrons. The maximum atomic E-state index is 12.4. The Morgan fingerprint density at radius 1 is 1.05 bits per heavy atom. The summed E-state index contributed by atoms with van der Waals surface area (Å²) in [5.74, 6) is -0.252. The molecule has 1 atom stereocenters. The van der Waals surface area contributed by atoms with Crippen molar-refractivity contribution >= 4 is 11.9 Å². The van der Waals surface area contributed by atoms with E-state index >= 15 is 0 Å². The molecule has 4 heteroatoms. The van der Waals surface area contributed by atoms with E-state index in [9.17, 15) is 9.59 Å². The average Bonchev–Trinajstić information content (AvgIpc) is 2.37. The lowest BCUT2D eigenvalue weighted by Gasteiger charge is -2.30. The van der Waals surface area contributed by atoms with Gasteiger partial charge >= 0.3 is 5.97 Å². The van der Waals surface area contributed by atoms with Crippen LogP contribution in [0.1, 0.15) is 80.1 Å². The zero-order valence-electron chi connectivity index (χ0n) is 14.7. The summed E-state index contributed by atoms with van der Waals surface area (Å²) < 4.78 is 5.40. The van der Waals surface area contributed by atoms with Crippen molar-refractivity contribution in [3.8, 4) is 0 Å². The summed E-state index contributed by atoms with van der Waals surface area (Å²) in [7, 11) is 0. The first-order chi connectivity index (χ1) is 9.72. The summed E-state index contributed by atoms with van der Waals surface area (Å²) in [6.07, 6.45) is 5.45. The summed E-state index contributed by atoms with van der Waals surface area (Å²) in [5, 5.41) is 0. The minimum absolute atomic E-state index is 0.0651. The van der Waals surface area contributed by atoms with Crippen LogP contribution in [-0.4, -0.2) is 35.0 Å². The number of unbranched alkanes of at least 4 members (excludes halogenated alkanes) is 3. The number of nitrogens with zero attached hydrogens (tertiary/aromatic N) is 1. The zero-order valence-corrected chi connectivity index (χ0v) is 14.7. The van der Waals surface area contributed by atoms with Crippen molar-refractivity contribution in [2.24, 2.45) is 0 Å². The Kier molecular flexibility index (Phi) is 9.31. The quantitative estimate of drug-likeness (QED) is 0.479. The summed E-state index contributed by atoms with van der Waals surface area (Å²) in [6, 6.07) is -0.509. The van der Waals surface area contributed by atoms with Gasteiger partial charge in [-0.05, 0) is 40.5 Å². The van der Waals surface area contributed by atoms with E-state index < -0.39 is 11.6 Å². The Labute approximate surface area is 130 Å². The van der Waals surface area contributed by atoms with Crippen molar-refractivity contribution in [3.63, 3.8) is 0 Å². The van der Waals surface area contributed by atoms with Crippen LogP contribution in [0.5, 0.6) is 0 Å². The molecule has 1 amide bonds. The van der Waals surface area contributed by atoms with E-state index in [1.807, 2.05) is 20.8 Å².